The third kappa shape index (κ3) is 3.92. The maximum absolute atomic E-state index is 13.1. The van der Waals surface area contributed by atoms with Crippen molar-refractivity contribution >= 4 is 11.8 Å². The highest BCUT2D eigenvalue weighted by molar-refractivity contribution is 5.92. The number of rotatable bonds is 4. The molecule has 2 amide bonds. The Morgan fingerprint density at radius 3 is 2.65 bits per heavy atom. The van der Waals surface area contributed by atoms with Gasteiger partial charge < -0.3 is 14.3 Å². The Labute approximate surface area is 151 Å². The van der Waals surface area contributed by atoms with E-state index in [1.165, 1.54) is 24.5 Å². The standard InChI is InChI=1S/C19H22FN3O3/c1-13(2)17-12-22(19(25)16-8-10-26-21-16)9-7-18(24)23(17)11-14-3-5-15(20)6-4-14/h3-6,8,10,13,17H,7,9,11-12H2,1-2H3. The lowest BCUT2D eigenvalue weighted by Gasteiger charge is -2.34. The summed E-state index contributed by atoms with van der Waals surface area (Å²) in [5.74, 6) is -0.393. The molecule has 0 bridgehead atoms. The zero-order valence-electron chi connectivity index (χ0n) is 14.9. The van der Waals surface area contributed by atoms with Crippen molar-refractivity contribution in [3.05, 3.63) is 53.7 Å². The minimum Gasteiger partial charge on any atom is -0.364 e. The number of benzene rings is 1. The van der Waals surface area contributed by atoms with Gasteiger partial charge >= 0.3 is 0 Å². The number of amides is 2. The van der Waals surface area contributed by atoms with Gasteiger partial charge in [0.25, 0.3) is 5.91 Å². The van der Waals surface area contributed by atoms with Gasteiger partial charge in [-0.05, 0) is 23.6 Å². The molecule has 0 saturated carbocycles. The molecule has 0 aliphatic carbocycles. The smallest absolute Gasteiger partial charge is 0.276 e. The second-order valence-corrected chi connectivity index (χ2v) is 6.85. The second-order valence-electron chi connectivity index (χ2n) is 6.85. The molecule has 1 unspecified atom stereocenters. The summed E-state index contributed by atoms with van der Waals surface area (Å²) in [4.78, 5) is 28.8. The van der Waals surface area contributed by atoms with E-state index in [-0.39, 0.29) is 41.7 Å². The highest BCUT2D eigenvalue weighted by Gasteiger charge is 2.34. The summed E-state index contributed by atoms with van der Waals surface area (Å²) in [7, 11) is 0. The fraction of sp³-hybridized carbons (Fsp3) is 0.421. The second kappa shape index (κ2) is 7.68. The summed E-state index contributed by atoms with van der Waals surface area (Å²) in [5, 5.41) is 3.71. The van der Waals surface area contributed by atoms with Crippen LogP contribution in [-0.2, 0) is 11.3 Å². The number of hydrogen-bond acceptors (Lipinski definition) is 4. The molecule has 138 valence electrons. The van der Waals surface area contributed by atoms with Gasteiger partial charge in [0.1, 0.15) is 12.1 Å². The van der Waals surface area contributed by atoms with Gasteiger partial charge in [0.2, 0.25) is 5.91 Å². The fourth-order valence-corrected chi connectivity index (χ4v) is 3.21. The molecular weight excluding hydrogens is 337 g/mol. The van der Waals surface area contributed by atoms with Crippen molar-refractivity contribution in [1.29, 1.82) is 0 Å². The first-order chi connectivity index (χ1) is 12.5. The van der Waals surface area contributed by atoms with E-state index in [9.17, 15) is 14.0 Å². The van der Waals surface area contributed by atoms with Crippen LogP contribution in [0.5, 0.6) is 0 Å². The summed E-state index contributed by atoms with van der Waals surface area (Å²) in [6.07, 6.45) is 1.60. The van der Waals surface area contributed by atoms with Crippen LogP contribution in [0.3, 0.4) is 0 Å². The summed E-state index contributed by atoms with van der Waals surface area (Å²) >= 11 is 0. The van der Waals surface area contributed by atoms with Crippen LogP contribution in [0, 0.1) is 11.7 Å². The van der Waals surface area contributed by atoms with E-state index >= 15 is 0 Å². The van der Waals surface area contributed by atoms with E-state index in [2.05, 4.69) is 5.16 Å². The first-order valence-electron chi connectivity index (χ1n) is 8.69. The topological polar surface area (TPSA) is 66.7 Å². The Morgan fingerprint density at radius 2 is 2.04 bits per heavy atom. The molecule has 26 heavy (non-hydrogen) atoms. The molecule has 1 aliphatic heterocycles. The fourth-order valence-electron chi connectivity index (χ4n) is 3.21. The summed E-state index contributed by atoms with van der Waals surface area (Å²) in [6, 6.07) is 7.54. The van der Waals surface area contributed by atoms with E-state index < -0.39 is 0 Å². The molecule has 0 spiro atoms. The Balaban J connectivity index is 1.81. The minimum atomic E-state index is -0.305. The van der Waals surface area contributed by atoms with Crippen molar-refractivity contribution in [3.8, 4) is 0 Å². The van der Waals surface area contributed by atoms with Gasteiger partial charge in [-0.25, -0.2) is 4.39 Å². The zero-order valence-corrected chi connectivity index (χ0v) is 14.9. The molecule has 1 saturated heterocycles. The lowest BCUT2D eigenvalue weighted by molar-refractivity contribution is -0.134. The van der Waals surface area contributed by atoms with Crippen LogP contribution in [0.1, 0.15) is 36.3 Å². The first-order valence-corrected chi connectivity index (χ1v) is 8.69. The van der Waals surface area contributed by atoms with Crippen molar-refractivity contribution in [3.63, 3.8) is 0 Å². The van der Waals surface area contributed by atoms with Gasteiger partial charge in [0.05, 0.1) is 6.04 Å². The van der Waals surface area contributed by atoms with Crippen LogP contribution in [-0.4, -0.2) is 45.9 Å². The lowest BCUT2D eigenvalue weighted by Crippen LogP contribution is -2.47. The third-order valence-electron chi connectivity index (χ3n) is 4.70. The third-order valence-corrected chi connectivity index (χ3v) is 4.70. The number of nitrogens with zero attached hydrogens (tertiary/aromatic N) is 3. The molecule has 2 heterocycles. The van der Waals surface area contributed by atoms with Crippen LogP contribution < -0.4 is 0 Å². The molecule has 1 aromatic carbocycles. The van der Waals surface area contributed by atoms with Crippen molar-refractivity contribution in [2.24, 2.45) is 5.92 Å². The Kier molecular flexibility index (Phi) is 5.35. The van der Waals surface area contributed by atoms with Gasteiger partial charge in [-0.2, -0.15) is 0 Å². The van der Waals surface area contributed by atoms with E-state index in [4.69, 9.17) is 4.52 Å². The molecule has 0 radical (unpaired) electrons. The monoisotopic (exact) mass is 359 g/mol. The Bertz CT molecular complexity index is 759. The van der Waals surface area contributed by atoms with Gasteiger partial charge in [0.15, 0.2) is 5.69 Å². The quantitative estimate of drug-likeness (QED) is 0.842. The van der Waals surface area contributed by atoms with Crippen LogP contribution in [0.2, 0.25) is 0 Å². The van der Waals surface area contributed by atoms with Crippen molar-refractivity contribution < 1.29 is 18.5 Å². The number of carbonyl (C=O) groups is 2. The maximum atomic E-state index is 13.1. The highest BCUT2D eigenvalue weighted by atomic mass is 19.1. The van der Waals surface area contributed by atoms with E-state index in [0.717, 1.165) is 5.56 Å². The molecule has 1 aromatic heterocycles. The number of halogens is 1. The zero-order chi connectivity index (χ0) is 18.7. The predicted molar refractivity (Wildman–Crippen MR) is 92.6 cm³/mol. The molecule has 6 nitrogen and oxygen atoms in total. The van der Waals surface area contributed by atoms with Crippen LogP contribution >= 0.6 is 0 Å². The highest BCUT2D eigenvalue weighted by Crippen LogP contribution is 2.22. The average molecular weight is 359 g/mol. The number of carbonyl (C=O) groups excluding carboxylic acids is 2. The molecule has 3 rings (SSSR count). The largest absolute Gasteiger partial charge is 0.364 e. The maximum Gasteiger partial charge on any atom is 0.276 e. The predicted octanol–water partition coefficient (Wildman–Crippen LogP) is 2.71. The minimum absolute atomic E-state index is 0.0107. The molecule has 7 heteroatoms. The van der Waals surface area contributed by atoms with Gasteiger partial charge in [-0.1, -0.05) is 31.1 Å². The molecule has 0 N–H and O–H groups in total. The van der Waals surface area contributed by atoms with Gasteiger partial charge in [-0.15, -0.1) is 0 Å². The SMILES string of the molecule is CC(C)C1CN(C(=O)c2ccon2)CCC(=O)N1Cc1ccc(F)cc1. The van der Waals surface area contributed by atoms with Crippen LogP contribution in [0.4, 0.5) is 4.39 Å². The van der Waals surface area contributed by atoms with Crippen molar-refractivity contribution in [2.45, 2.75) is 32.9 Å². The van der Waals surface area contributed by atoms with E-state index in [0.29, 0.717) is 19.6 Å². The molecule has 1 atom stereocenters. The molecule has 2 aromatic rings. The van der Waals surface area contributed by atoms with E-state index in [1.807, 2.05) is 13.8 Å². The Morgan fingerprint density at radius 1 is 1.31 bits per heavy atom. The van der Waals surface area contributed by atoms with Crippen molar-refractivity contribution in [1.82, 2.24) is 15.0 Å². The number of hydrogen-bond donors (Lipinski definition) is 0. The first kappa shape index (κ1) is 18.1. The van der Waals surface area contributed by atoms with Gasteiger partial charge in [-0.3, -0.25) is 9.59 Å². The van der Waals surface area contributed by atoms with Crippen molar-refractivity contribution in [2.75, 3.05) is 13.1 Å². The summed E-state index contributed by atoms with van der Waals surface area (Å²) in [5.41, 5.74) is 1.11. The molecule has 1 aliphatic rings. The Hall–Kier alpha value is -2.70. The average Bonchev–Trinajstić information content (AvgIpc) is 3.10. The summed E-state index contributed by atoms with van der Waals surface area (Å²) in [6.45, 7) is 5.22. The molecular formula is C19H22FN3O3. The normalized spacial score (nSPS) is 18.3. The lowest BCUT2D eigenvalue weighted by atomic mass is 10.0. The van der Waals surface area contributed by atoms with Crippen LogP contribution in [0.15, 0.2) is 41.1 Å². The molecule has 1 fully saturated rings. The summed E-state index contributed by atoms with van der Waals surface area (Å²) < 4.78 is 17.9. The number of aromatic nitrogens is 1. The van der Waals surface area contributed by atoms with Gasteiger partial charge in [0, 0.05) is 32.1 Å². The van der Waals surface area contributed by atoms with E-state index in [1.54, 1.807) is 21.9 Å². The van der Waals surface area contributed by atoms with Crippen LogP contribution in [0.25, 0.3) is 0 Å².